The number of fused-ring (bicyclic) bond motifs is 1. The van der Waals surface area contributed by atoms with Crippen molar-refractivity contribution in [2.45, 2.75) is 44.8 Å². The van der Waals surface area contributed by atoms with Crippen molar-refractivity contribution in [2.24, 2.45) is 0 Å². The molecule has 1 fully saturated rings. The molecule has 140 valence electrons. The lowest BCUT2D eigenvalue weighted by atomic mass is 9.86. The Morgan fingerprint density at radius 1 is 1.15 bits per heavy atom. The predicted octanol–water partition coefficient (Wildman–Crippen LogP) is 2.85. The second-order valence-corrected chi connectivity index (χ2v) is 7.56. The predicted molar refractivity (Wildman–Crippen MR) is 105 cm³/mol. The van der Waals surface area contributed by atoms with Crippen LogP contribution in [0.4, 0.5) is 5.69 Å². The number of amides is 2. The van der Waals surface area contributed by atoms with Crippen LogP contribution in [0.5, 0.6) is 0 Å². The molecule has 2 aromatic carbocycles. The molecule has 2 amide bonds. The number of anilines is 1. The van der Waals surface area contributed by atoms with Gasteiger partial charge in [0.05, 0.1) is 0 Å². The van der Waals surface area contributed by atoms with Crippen LogP contribution in [0.2, 0.25) is 0 Å². The third kappa shape index (κ3) is 3.47. The van der Waals surface area contributed by atoms with Crippen LogP contribution in [0.15, 0.2) is 48.5 Å². The number of carbonyl (C=O) groups is 2. The minimum Gasteiger partial charge on any atom is -0.350 e. The van der Waals surface area contributed by atoms with Crippen LogP contribution in [0.1, 0.15) is 36.5 Å². The summed E-state index contributed by atoms with van der Waals surface area (Å²) in [6.07, 6.45) is 2.68. The lowest BCUT2D eigenvalue weighted by Crippen LogP contribution is -2.55. The summed E-state index contributed by atoms with van der Waals surface area (Å²) in [5.74, 6) is 0.0705. The second kappa shape index (κ2) is 7.16. The smallest absolute Gasteiger partial charge is 0.241 e. The average Bonchev–Trinajstić information content (AvgIpc) is 2.98. The Labute approximate surface area is 159 Å². The molecule has 5 heteroatoms. The minimum atomic E-state index is -0.469. The summed E-state index contributed by atoms with van der Waals surface area (Å²) in [6.45, 7) is 3.76. The first-order chi connectivity index (χ1) is 13.1. The summed E-state index contributed by atoms with van der Waals surface area (Å²) in [6, 6.07) is 16.2. The molecule has 1 unspecified atom stereocenters. The van der Waals surface area contributed by atoms with Gasteiger partial charge in [-0.05, 0) is 48.2 Å². The van der Waals surface area contributed by atoms with Crippen molar-refractivity contribution < 1.29 is 9.59 Å². The van der Waals surface area contributed by atoms with E-state index in [0.717, 1.165) is 43.6 Å². The number of nitrogens with one attached hydrogen (secondary N) is 2. The lowest BCUT2D eigenvalue weighted by molar-refractivity contribution is -0.132. The van der Waals surface area contributed by atoms with Crippen molar-refractivity contribution in [2.75, 3.05) is 11.9 Å². The molecule has 1 saturated heterocycles. The van der Waals surface area contributed by atoms with E-state index in [9.17, 15) is 9.59 Å². The molecule has 5 nitrogen and oxygen atoms in total. The molecular formula is C22H25N3O2. The van der Waals surface area contributed by atoms with Gasteiger partial charge in [-0.25, -0.2) is 0 Å². The van der Waals surface area contributed by atoms with Gasteiger partial charge in [-0.2, -0.15) is 0 Å². The molecule has 4 rings (SSSR count). The topological polar surface area (TPSA) is 61.4 Å². The van der Waals surface area contributed by atoms with Gasteiger partial charge in [0.25, 0.3) is 0 Å². The fourth-order valence-corrected chi connectivity index (χ4v) is 4.38. The van der Waals surface area contributed by atoms with Gasteiger partial charge in [0.1, 0.15) is 5.54 Å². The Hall–Kier alpha value is -2.66. The van der Waals surface area contributed by atoms with E-state index in [0.29, 0.717) is 6.54 Å². The molecule has 0 saturated carbocycles. The van der Waals surface area contributed by atoms with Crippen molar-refractivity contribution >= 4 is 17.5 Å². The van der Waals surface area contributed by atoms with Crippen molar-refractivity contribution in [1.82, 2.24) is 10.2 Å². The number of hydrogen-bond donors (Lipinski definition) is 2. The van der Waals surface area contributed by atoms with Gasteiger partial charge >= 0.3 is 0 Å². The molecule has 0 aliphatic carbocycles. The summed E-state index contributed by atoms with van der Waals surface area (Å²) in [5.41, 5.74) is 3.96. The average molecular weight is 363 g/mol. The molecular weight excluding hydrogens is 338 g/mol. The summed E-state index contributed by atoms with van der Waals surface area (Å²) >= 11 is 0. The molecule has 2 aliphatic rings. The van der Waals surface area contributed by atoms with Crippen LogP contribution in [0, 0.1) is 0 Å². The maximum Gasteiger partial charge on any atom is 0.241 e. The largest absolute Gasteiger partial charge is 0.350 e. The monoisotopic (exact) mass is 363 g/mol. The molecule has 2 heterocycles. The molecule has 0 radical (unpaired) electrons. The first-order valence-electron chi connectivity index (χ1n) is 9.53. The van der Waals surface area contributed by atoms with Gasteiger partial charge in [0, 0.05) is 32.1 Å². The van der Waals surface area contributed by atoms with E-state index in [-0.39, 0.29) is 11.8 Å². The Morgan fingerprint density at radius 2 is 1.89 bits per heavy atom. The van der Waals surface area contributed by atoms with Gasteiger partial charge < -0.3 is 10.6 Å². The molecule has 27 heavy (non-hydrogen) atoms. The summed E-state index contributed by atoms with van der Waals surface area (Å²) in [4.78, 5) is 26.6. The molecule has 1 spiro atoms. The van der Waals surface area contributed by atoms with E-state index in [1.165, 1.54) is 18.1 Å². The van der Waals surface area contributed by atoms with Crippen molar-refractivity contribution in [3.63, 3.8) is 0 Å². The summed E-state index contributed by atoms with van der Waals surface area (Å²) in [7, 11) is 0. The van der Waals surface area contributed by atoms with Gasteiger partial charge in [0.2, 0.25) is 11.8 Å². The van der Waals surface area contributed by atoms with E-state index >= 15 is 0 Å². The highest BCUT2D eigenvalue weighted by atomic mass is 16.2. The van der Waals surface area contributed by atoms with Gasteiger partial charge in [-0.15, -0.1) is 0 Å². The number of benzene rings is 2. The third-order valence-electron chi connectivity index (χ3n) is 5.73. The maximum atomic E-state index is 13.1. The fraction of sp³-hybridized carbons (Fsp3) is 0.364. The van der Waals surface area contributed by atoms with Crippen LogP contribution in [-0.4, -0.2) is 28.8 Å². The molecule has 2 N–H and O–H groups in total. The Morgan fingerprint density at radius 3 is 2.63 bits per heavy atom. The number of likely N-dealkylation sites (tertiary alicyclic amines) is 1. The standard InChI is InChI=1S/C22H25N3O2/c1-16(26)24-20-9-7-17(8-10-20)15-25-12-4-11-22(25)13-18-5-2-3-6-19(18)14-23-21(22)27/h2-3,5-10H,4,11-15H2,1H3,(H,23,27)(H,24,26). The van der Waals surface area contributed by atoms with Crippen molar-refractivity contribution in [3.05, 3.63) is 65.2 Å². The van der Waals surface area contributed by atoms with E-state index in [1.807, 2.05) is 30.3 Å². The number of nitrogens with zero attached hydrogens (tertiary/aromatic N) is 1. The van der Waals surface area contributed by atoms with Crippen LogP contribution < -0.4 is 10.6 Å². The van der Waals surface area contributed by atoms with Gasteiger partial charge in [-0.3, -0.25) is 14.5 Å². The first-order valence-corrected chi connectivity index (χ1v) is 9.53. The van der Waals surface area contributed by atoms with Crippen molar-refractivity contribution in [1.29, 1.82) is 0 Å². The number of carbonyl (C=O) groups excluding carboxylic acids is 2. The van der Waals surface area contributed by atoms with Crippen molar-refractivity contribution in [3.8, 4) is 0 Å². The zero-order chi connectivity index (χ0) is 18.9. The van der Waals surface area contributed by atoms with E-state index in [4.69, 9.17) is 0 Å². The molecule has 1 atom stereocenters. The first kappa shape index (κ1) is 17.7. The Bertz CT molecular complexity index is 862. The van der Waals surface area contributed by atoms with E-state index in [2.05, 4.69) is 33.7 Å². The highest BCUT2D eigenvalue weighted by Gasteiger charge is 2.48. The van der Waals surface area contributed by atoms with Crippen LogP contribution >= 0.6 is 0 Å². The quantitative estimate of drug-likeness (QED) is 0.882. The summed E-state index contributed by atoms with van der Waals surface area (Å²) < 4.78 is 0. The molecule has 0 aromatic heterocycles. The normalized spacial score (nSPS) is 22.2. The lowest BCUT2D eigenvalue weighted by Gasteiger charge is -2.36. The zero-order valence-electron chi connectivity index (χ0n) is 15.6. The van der Waals surface area contributed by atoms with E-state index < -0.39 is 5.54 Å². The third-order valence-corrected chi connectivity index (χ3v) is 5.73. The maximum absolute atomic E-state index is 13.1. The zero-order valence-corrected chi connectivity index (χ0v) is 15.6. The van der Waals surface area contributed by atoms with E-state index in [1.54, 1.807) is 0 Å². The van der Waals surface area contributed by atoms with Crippen LogP contribution in [0.25, 0.3) is 0 Å². The number of rotatable bonds is 3. The Balaban J connectivity index is 1.57. The second-order valence-electron chi connectivity index (χ2n) is 7.56. The summed E-state index contributed by atoms with van der Waals surface area (Å²) in [5, 5.41) is 5.94. The number of hydrogen-bond acceptors (Lipinski definition) is 3. The van der Waals surface area contributed by atoms with Crippen LogP contribution in [0.3, 0.4) is 0 Å². The highest BCUT2D eigenvalue weighted by Crippen LogP contribution is 2.36. The molecule has 2 aliphatic heterocycles. The highest BCUT2D eigenvalue weighted by molar-refractivity contribution is 5.89. The molecule has 2 aromatic rings. The van der Waals surface area contributed by atoms with Gasteiger partial charge in [0.15, 0.2) is 0 Å². The molecule has 0 bridgehead atoms. The minimum absolute atomic E-state index is 0.0740. The van der Waals surface area contributed by atoms with Crippen LogP contribution in [-0.2, 0) is 29.1 Å². The fourth-order valence-electron chi connectivity index (χ4n) is 4.38. The van der Waals surface area contributed by atoms with Gasteiger partial charge in [-0.1, -0.05) is 36.4 Å². The Kier molecular flexibility index (Phi) is 4.70. The SMILES string of the molecule is CC(=O)Nc1ccc(CN2CCCC23Cc2ccccc2CNC3=O)cc1.